The summed E-state index contributed by atoms with van der Waals surface area (Å²) in [5.74, 6) is 0. The van der Waals surface area contributed by atoms with Crippen LogP contribution in [0.25, 0.3) is 0 Å². The lowest BCUT2D eigenvalue weighted by Crippen LogP contribution is -1.91. The van der Waals surface area contributed by atoms with Gasteiger partial charge in [-0.2, -0.15) is 0 Å². The van der Waals surface area contributed by atoms with E-state index in [1.807, 2.05) is 0 Å². The van der Waals surface area contributed by atoms with E-state index in [1.165, 1.54) is 11.7 Å². The maximum Gasteiger partial charge on any atom is 0.0125 e. The second-order valence-corrected chi connectivity index (χ2v) is 6.36. The van der Waals surface area contributed by atoms with E-state index in [2.05, 4.69) is 60.7 Å². The predicted octanol–water partition coefficient (Wildman–Crippen LogP) is 3.55. The van der Waals surface area contributed by atoms with E-state index in [1.54, 1.807) is 5.30 Å². The van der Waals surface area contributed by atoms with Gasteiger partial charge in [-0.3, -0.25) is 0 Å². The van der Waals surface area contributed by atoms with E-state index in [4.69, 9.17) is 0 Å². The standard InChI is InChI=1S/C14H13P/c1-3-7-12(8-4-1)14-11-15(14)13-9-5-2-6-10-13/h1-10,14H,11H2/t14-,15?/m1/s1. The zero-order valence-electron chi connectivity index (χ0n) is 8.51. The average molecular weight is 212 g/mol. The molecule has 0 spiro atoms. The van der Waals surface area contributed by atoms with Crippen LogP contribution in [0.4, 0.5) is 0 Å². The average Bonchev–Trinajstić information content (AvgIpc) is 3.11. The molecule has 2 aromatic carbocycles. The molecule has 2 aromatic rings. The first kappa shape index (κ1) is 9.12. The van der Waals surface area contributed by atoms with Crippen molar-refractivity contribution in [2.45, 2.75) is 5.66 Å². The van der Waals surface area contributed by atoms with Gasteiger partial charge in [-0.15, -0.1) is 0 Å². The SMILES string of the molecule is c1ccc([C@H]2CP2c2ccccc2)cc1. The Bertz CT molecular complexity index is 392. The van der Waals surface area contributed by atoms with Crippen molar-refractivity contribution < 1.29 is 0 Å². The van der Waals surface area contributed by atoms with Crippen molar-refractivity contribution in [2.75, 3.05) is 6.16 Å². The van der Waals surface area contributed by atoms with Crippen LogP contribution in [0.15, 0.2) is 60.7 Å². The molecule has 0 aliphatic carbocycles. The highest BCUT2D eigenvalue weighted by atomic mass is 31.1. The lowest BCUT2D eigenvalue weighted by atomic mass is 10.2. The van der Waals surface area contributed by atoms with Gasteiger partial charge in [-0.1, -0.05) is 68.6 Å². The molecule has 1 heteroatoms. The van der Waals surface area contributed by atoms with Crippen LogP contribution in [0.2, 0.25) is 0 Å². The summed E-state index contributed by atoms with van der Waals surface area (Å²) in [6, 6.07) is 21.8. The van der Waals surface area contributed by atoms with Crippen molar-refractivity contribution in [1.82, 2.24) is 0 Å². The molecule has 15 heavy (non-hydrogen) atoms. The zero-order valence-corrected chi connectivity index (χ0v) is 9.40. The molecule has 0 nitrogen and oxygen atoms in total. The van der Waals surface area contributed by atoms with E-state index in [0.29, 0.717) is 0 Å². The molecule has 1 aliphatic heterocycles. The monoisotopic (exact) mass is 212 g/mol. The fraction of sp³-hybridized carbons (Fsp3) is 0.143. The van der Waals surface area contributed by atoms with Crippen LogP contribution < -0.4 is 5.30 Å². The number of benzene rings is 2. The van der Waals surface area contributed by atoms with Gasteiger partial charge in [0.2, 0.25) is 0 Å². The molecular weight excluding hydrogens is 199 g/mol. The van der Waals surface area contributed by atoms with Gasteiger partial charge >= 0.3 is 0 Å². The molecule has 1 saturated heterocycles. The number of hydrogen-bond acceptors (Lipinski definition) is 0. The summed E-state index contributed by atoms with van der Waals surface area (Å²) in [5, 5.41) is 1.56. The summed E-state index contributed by atoms with van der Waals surface area (Å²) in [7, 11) is 0.115. The fourth-order valence-corrected chi connectivity index (χ4v) is 4.40. The minimum Gasteiger partial charge on any atom is -0.0663 e. The molecule has 0 N–H and O–H groups in total. The second-order valence-electron chi connectivity index (χ2n) is 3.91. The molecule has 3 rings (SSSR count). The van der Waals surface area contributed by atoms with E-state index in [9.17, 15) is 0 Å². The highest BCUT2D eigenvalue weighted by Gasteiger charge is 2.38. The molecule has 74 valence electrons. The molecule has 0 aromatic heterocycles. The van der Waals surface area contributed by atoms with E-state index in [-0.39, 0.29) is 7.92 Å². The van der Waals surface area contributed by atoms with E-state index >= 15 is 0 Å². The Morgan fingerprint density at radius 1 is 0.800 bits per heavy atom. The summed E-state index contributed by atoms with van der Waals surface area (Å²) in [4.78, 5) is 0. The highest BCUT2D eigenvalue weighted by Crippen LogP contribution is 2.68. The van der Waals surface area contributed by atoms with Crippen molar-refractivity contribution >= 4 is 13.2 Å². The Hall–Kier alpha value is -1.13. The van der Waals surface area contributed by atoms with Gasteiger partial charge in [0.05, 0.1) is 0 Å². The first-order chi connectivity index (χ1) is 7.45. The molecule has 0 bridgehead atoms. The van der Waals surface area contributed by atoms with Crippen molar-refractivity contribution in [2.24, 2.45) is 0 Å². The van der Waals surface area contributed by atoms with Crippen LogP contribution in [0.1, 0.15) is 11.2 Å². The molecule has 1 heterocycles. The van der Waals surface area contributed by atoms with Gasteiger partial charge in [0.1, 0.15) is 0 Å². The molecule has 0 saturated carbocycles. The Balaban J connectivity index is 1.81. The van der Waals surface area contributed by atoms with Crippen molar-refractivity contribution in [3.63, 3.8) is 0 Å². The normalized spacial score (nSPS) is 23.7. The topological polar surface area (TPSA) is 0 Å². The third-order valence-electron chi connectivity index (χ3n) is 2.88. The maximum absolute atomic E-state index is 2.27. The number of hydrogen-bond donors (Lipinski definition) is 0. The van der Waals surface area contributed by atoms with E-state index < -0.39 is 0 Å². The first-order valence-electron chi connectivity index (χ1n) is 5.32. The van der Waals surface area contributed by atoms with Crippen LogP contribution in [-0.2, 0) is 0 Å². The Labute approximate surface area is 91.7 Å². The third-order valence-corrected chi connectivity index (χ3v) is 5.37. The highest BCUT2D eigenvalue weighted by molar-refractivity contribution is 7.73. The lowest BCUT2D eigenvalue weighted by Gasteiger charge is -2.00. The molecule has 1 fully saturated rings. The van der Waals surface area contributed by atoms with Gasteiger partial charge in [0.25, 0.3) is 0 Å². The predicted molar refractivity (Wildman–Crippen MR) is 67.0 cm³/mol. The second kappa shape index (κ2) is 3.79. The van der Waals surface area contributed by atoms with Gasteiger partial charge in [0.15, 0.2) is 0 Å². The van der Waals surface area contributed by atoms with Crippen molar-refractivity contribution in [3.8, 4) is 0 Å². The molecular formula is C14H13P. The molecule has 2 atom stereocenters. The largest absolute Gasteiger partial charge is 0.0663 e. The smallest absolute Gasteiger partial charge is 0.0125 e. The van der Waals surface area contributed by atoms with E-state index in [0.717, 1.165) is 5.66 Å². The van der Waals surface area contributed by atoms with Crippen LogP contribution in [0.5, 0.6) is 0 Å². The Morgan fingerprint density at radius 2 is 1.40 bits per heavy atom. The fourth-order valence-electron chi connectivity index (χ4n) is 2.00. The lowest BCUT2D eigenvalue weighted by molar-refractivity contribution is 1.23. The molecule has 0 amide bonds. The molecule has 1 unspecified atom stereocenters. The van der Waals surface area contributed by atoms with Crippen molar-refractivity contribution in [1.29, 1.82) is 0 Å². The third kappa shape index (κ3) is 1.82. The Morgan fingerprint density at radius 3 is 2.07 bits per heavy atom. The van der Waals surface area contributed by atoms with Gasteiger partial charge in [-0.25, -0.2) is 0 Å². The summed E-state index contributed by atoms with van der Waals surface area (Å²) >= 11 is 0. The first-order valence-corrected chi connectivity index (χ1v) is 6.91. The van der Waals surface area contributed by atoms with Gasteiger partial charge in [-0.05, 0) is 17.0 Å². The van der Waals surface area contributed by atoms with Crippen LogP contribution in [0.3, 0.4) is 0 Å². The number of rotatable bonds is 2. The van der Waals surface area contributed by atoms with Crippen LogP contribution >= 0.6 is 7.92 Å². The summed E-state index contributed by atoms with van der Waals surface area (Å²) in [6.45, 7) is 0. The molecule has 0 radical (unpaired) electrons. The minimum absolute atomic E-state index is 0.115. The maximum atomic E-state index is 2.27. The van der Waals surface area contributed by atoms with Crippen LogP contribution in [0, 0.1) is 0 Å². The molecule has 1 aliphatic rings. The quantitative estimate of drug-likeness (QED) is 0.668. The summed E-state index contributed by atoms with van der Waals surface area (Å²) in [5.41, 5.74) is 2.34. The van der Waals surface area contributed by atoms with Crippen LogP contribution in [-0.4, -0.2) is 6.16 Å². The zero-order chi connectivity index (χ0) is 10.1. The Kier molecular flexibility index (Phi) is 2.31. The summed E-state index contributed by atoms with van der Waals surface area (Å²) in [6.07, 6.45) is 1.38. The summed E-state index contributed by atoms with van der Waals surface area (Å²) < 4.78 is 0. The minimum atomic E-state index is 0.115. The van der Waals surface area contributed by atoms with Crippen molar-refractivity contribution in [3.05, 3.63) is 66.2 Å². The van der Waals surface area contributed by atoms with Gasteiger partial charge < -0.3 is 0 Å². The van der Waals surface area contributed by atoms with Gasteiger partial charge in [0, 0.05) is 5.66 Å².